The van der Waals surface area contributed by atoms with E-state index in [2.05, 4.69) is 0 Å². The number of ether oxygens (including phenoxy) is 5. The summed E-state index contributed by atoms with van der Waals surface area (Å²) in [6, 6.07) is 0. The molecule has 16 heteroatoms. The first-order chi connectivity index (χ1) is 16.0. The molecule has 3 aliphatic heterocycles. The van der Waals surface area contributed by atoms with Crippen molar-refractivity contribution in [2.45, 2.75) is 92.1 Å². The van der Waals surface area contributed by atoms with E-state index in [9.17, 15) is 56.2 Å². The monoisotopic (exact) mass is 504 g/mol. The van der Waals surface area contributed by atoms with E-state index in [1.165, 1.54) is 0 Å². The van der Waals surface area contributed by atoms with Gasteiger partial charge in [0.2, 0.25) is 0 Å². The van der Waals surface area contributed by atoms with Crippen LogP contribution in [0.15, 0.2) is 0 Å². The predicted octanol–water partition coefficient (Wildman–Crippen LogP) is -7.57. The zero-order valence-corrected chi connectivity index (χ0v) is 17.7. The molecule has 0 aliphatic carbocycles. The molecule has 0 bridgehead atoms. The Bertz CT molecular complexity index is 637. The van der Waals surface area contributed by atoms with E-state index >= 15 is 0 Å². The van der Waals surface area contributed by atoms with Gasteiger partial charge in [-0.05, 0) is 0 Å². The fourth-order valence-electron chi connectivity index (χ4n) is 4.05. The highest BCUT2D eigenvalue weighted by atomic mass is 16.7. The molecule has 11 N–H and O–H groups in total. The first-order valence-corrected chi connectivity index (χ1v) is 10.6. The normalized spacial score (nSPS) is 52.5. The molecule has 0 spiro atoms. The van der Waals surface area contributed by atoms with Crippen molar-refractivity contribution in [2.75, 3.05) is 19.8 Å². The Labute approximate surface area is 192 Å². The van der Waals surface area contributed by atoms with Gasteiger partial charge < -0.3 is 79.9 Å². The van der Waals surface area contributed by atoms with Gasteiger partial charge in [-0.2, -0.15) is 0 Å². The Morgan fingerprint density at radius 2 is 0.941 bits per heavy atom. The lowest BCUT2D eigenvalue weighted by Gasteiger charge is -2.47. The Kier molecular flexibility index (Phi) is 9.54. The highest BCUT2D eigenvalue weighted by Gasteiger charge is 2.53. The van der Waals surface area contributed by atoms with E-state index in [0.717, 1.165) is 0 Å². The van der Waals surface area contributed by atoms with Crippen LogP contribution in [0.4, 0.5) is 0 Å². The van der Waals surface area contributed by atoms with Gasteiger partial charge in [-0.3, -0.25) is 0 Å². The number of hydrogen-bond donors (Lipinski definition) is 11. The largest absolute Gasteiger partial charge is 0.394 e. The Balaban J connectivity index is 1.78. The fraction of sp³-hybridized carbons (Fsp3) is 1.00. The molecule has 0 amide bonds. The molecule has 3 heterocycles. The van der Waals surface area contributed by atoms with Gasteiger partial charge >= 0.3 is 0 Å². The average Bonchev–Trinajstić information content (AvgIpc) is 2.83. The van der Waals surface area contributed by atoms with Crippen molar-refractivity contribution in [1.29, 1.82) is 0 Å². The van der Waals surface area contributed by atoms with Crippen molar-refractivity contribution in [3.8, 4) is 0 Å². The van der Waals surface area contributed by atoms with Gasteiger partial charge in [0.1, 0.15) is 73.2 Å². The van der Waals surface area contributed by atoms with Gasteiger partial charge in [0, 0.05) is 0 Å². The standard InChI is InChI=1S/C18H32O16/c19-1-4-7(22)9(24)12(27)17(31-4)34-15-8(23)5(2-20)32-18(13(15)28)33-14-6(3-21)30-16(29)11(26)10(14)25/h4-29H,1-3H2/t4-,5-,6-,7+,8-,9+,10-,11-,12-,13+,14-,15+,16-,17-,18+/m1/s1. The van der Waals surface area contributed by atoms with E-state index in [4.69, 9.17) is 23.7 Å². The van der Waals surface area contributed by atoms with E-state index in [1.807, 2.05) is 0 Å². The molecule has 0 unspecified atom stereocenters. The summed E-state index contributed by atoms with van der Waals surface area (Å²) in [5.41, 5.74) is 0. The van der Waals surface area contributed by atoms with Crippen LogP contribution in [0, 0.1) is 0 Å². The molecule has 200 valence electrons. The molecule has 0 radical (unpaired) electrons. The van der Waals surface area contributed by atoms with Crippen molar-refractivity contribution < 1.29 is 79.9 Å². The van der Waals surface area contributed by atoms with Crippen LogP contribution in [0.1, 0.15) is 0 Å². The summed E-state index contributed by atoms with van der Waals surface area (Å²) in [6.45, 7) is -2.34. The summed E-state index contributed by atoms with van der Waals surface area (Å²) in [4.78, 5) is 0. The van der Waals surface area contributed by atoms with Crippen LogP contribution >= 0.6 is 0 Å². The van der Waals surface area contributed by atoms with Crippen molar-refractivity contribution in [3.05, 3.63) is 0 Å². The molecule has 16 nitrogen and oxygen atoms in total. The predicted molar refractivity (Wildman–Crippen MR) is 101 cm³/mol. The third kappa shape index (κ3) is 5.37. The van der Waals surface area contributed by atoms with Crippen LogP contribution in [-0.4, -0.2) is 168 Å². The maximum Gasteiger partial charge on any atom is 0.187 e. The molecule has 15 atom stereocenters. The second kappa shape index (κ2) is 11.6. The van der Waals surface area contributed by atoms with Crippen LogP contribution in [-0.2, 0) is 23.7 Å². The van der Waals surface area contributed by atoms with Gasteiger partial charge in [0.15, 0.2) is 18.9 Å². The molecular formula is C18H32O16. The highest BCUT2D eigenvalue weighted by Crippen LogP contribution is 2.32. The molecule has 3 rings (SSSR count). The van der Waals surface area contributed by atoms with Crippen LogP contribution < -0.4 is 0 Å². The molecule has 0 saturated carbocycles. The fourth-order valence-corrected chi connectivity index (χ4v) is 4.05. The molecule has 3 fully saturated rings. The van der Waals surface area contributed by atoms with E-state index in [1.54, 1.807) is 0 Å². The minimum Gasteiger partial charge on any atom is -0.394 e. The van der Waals surface area contributed by atoms with Gasteiger partial charge in [0.05, 0.1) is 19.8 Å². The molecular weight excluding hydrogens is 472 g/mol. The minimum atomic E-state index is -1.90. The second-order valence-corrected chi connectivity index (χ2v) is 8.33. The lowest BCUT2D eigenvalue weighted by atomic mass is 9.96. The maximum absolute atomic E-state index is 10.8. The number of hydrogen-bond acceptors (Lipinski definition) is 16. The molecule has 3 saturated heterocycles. The Morgan fingerprint density at radius 3 is 1.50 bits per heavy atom. The Hall–Kier alpha value is -0.640. The quantitative estimate of drug-likeness (QED) is 0.154. The van der Waals surface area contributed by atoms with Crippen LogP contribution in [0.5, 0.6) is 0 Å². The molecule has 0 aromatic rings. The first-order valence-electron chi connectivity index (χ1n) is 10.6. The van der Waals surface area contributed by atoms with Crippen molar-refractivity contribution in [2.24, 2.45) is 0 Å². The zero-order valence-electron chi connectivity index (χ0n) is 17.7. The van der Waals surface area contributed by atoms with Gasteiger partial charge in [-0.1, -0.05) is 0 Å². The van der Waals surface area contributed by atoms with Crippen LogP contribution in [0.25, 0.3) is 0 Å². The summed E-state index contributed by atoms with van der Waals surface area (Å²) in [5.74, 6) is 0. The third-order valence-electron chi connectivity index (χ3n) is 6.09. The van der Waals surface area contributed by atoms with E-state index in [0.29, 0.717) is 0 Å². The third-order valence-corrected chi connectivity index (χ3v) is 6.09. The minimum absolute atomic E-state index is 0.759. The molecule has 0 aromatic carbocycles. The topological polar surface area (TPSA) is 269 Å². The summed E-state index contributed by atoms with van der Waals surface area (Å²) in [6.07, 6.45) is -25.4. The summed E-state index contributed by atoms with van der Waals surface area (Å²) in [5, 5.41) is 109. The zero-order chi connectivity index (χ0) is 25.3. The molecule has 34 heavy (non-hydrogen) atoms. The number of aliphatic hydroxyl groups is 11. The smallest absolute Gasteiger partial charge is 0.187 e. The second-order valence-electron chi connectivity index (χ2n) is 8.33. The van der Waals surface area contributed by atoms with E-state index < -0.39 is 112 Å². The van der Waals surface area contributed by atoms with Crippen LogP contribution in [0.2, 0.25) is 0 Å². The van der Waals surface area contributed by atoms with Gasteiger partial charge in [-0.15, -0.1) is 0 Å². The molecule has 3 aliphatic rings. The lowest BCUT2D eigenvalue weighted by Crippen LogP contribution is -2.66. The average molecular weight is 504 g/mol. The Morgan fingerprint density at radius 1 is 0.441 bits per heavy atom. The summed E-state index contributed by atoms with van der Waals surface area (Å²) in [7, 11) is 0. The highest BCUT2D eigenvalue weighted by molar-refractivity contribution is 4.96. The van der Waals surface area contributed by atoms with Crippen LogP contribution in [0.3, 0.4) is 0 Å². The van der Waals surface area contributed by atoms with Crippen molar-refractivity contribution in [1.82, 2.24) is 0 Å². The van der Waals surface area contributed by atoms with Crippen molar-refractivity contribution >= 4 is 0 Å². The number of rotatable bonds is 7. The SMILES string of the molecule is OC[C@H]1O[C@H](O[C@@H]2[C@H](O)[C@H](O[C@H]3[C@H](O)[C@@H](O)[C@H](O)O[C@@H]3CO)O[C@H](CO)[C@H]2O)[C@H](O)[C@@H](O)[C@H]1O. The van der Waals surface area contributed by atoms with E-state index in [-0.39, 0.29) is 0 Å². The lowest BCUT2D eigenvalue weighted by molar-refractivity contribution is -0.378. The first kappa shape index (κ1) is 27.9. The van der Waals surface area contributed by atoms with Gasteiger partial charge in [0.25, 0.3) is 0 Å². The maximum atomic E-state index is 10.8. The number of aliphatic hydroxyl groups excluding tert-OH is 11. The molecule has 0 aromatic heterocycles. The summed E-state index contributed by atoms with van der Waals surface area (Å²) >= 11 is 0. The van der Waals surface area contributed by atoms with Crippen molar-refractivity contribution in [3.63, 3.8) is 0 Å². The van der Waals surface area contributed by atoms with Gasteiger partial charge in [-0.25, -0.2) is 0 Å². The summed E-state index contributed by atoms with van der Waals surface area (Å²) < 4.78 is 26.4.